The molecule has 220 valence electrons. The Kier molecular flexibility index (Phi) is 6.12. The molecule has 0 radical (unpaired) electrons. The molecule has 4 atom stereocenters. The molecular weight excluding hydrogens is 538 g/mol. The Labute approximate surface area is 243 Å². The third-order valence-electron chi connectivity index (χ3n) is 10.0. The molecule has 2 bridgehead atoms. The van der Waals surface area contributed by atoms with Crippen LogP contribution < -0.4 is 15.0 Å². The molecule has 4 aliphatic rings. The van der Waals surface area contributed by atoms with Crippen LogP contribution in [0.5, 0.6) is 11.6 Å². The predicted octanol–water partition coefficient (Wildman–Crippen LogP) is 5.95. The first-order valence-corrected chi connectivity index (χ1v) is 15.3. The molecule has 4 saturated heterocycles. The zero-order valence-corrected chi connectivity index (χ0v) is 23.8. The maximum absolute atomic E-state index is 16.6. The lowest BCUT2D eigenvalue weighted by atomic mass is 9.95. The van der Waals surface area contributed by atoms with Gasteiger partial charge in [-0.1, -0.05) is 25.1 Å². The lowest BCUT2D eigenvalue weighted by molar-refractivity contribution is 0.111. The number of halogens is 2. The number of piperazine rings is 1. The van der Waals surface area contributed by atoms with Gasteiger partial charge in [0.25, 0.3) is 0 Å². The van der Waals surface area contributed by atoms with Crippen LogP contribution in [0.3, 0.4) is 0 Å². The summed E-state index contributed by atoms with van der Waals surface area (Å²) in [5.74, 6) is 0.534. The number of aromatic hydroxyl groups is 1. The Hall–Kier alpha value is -3.43. The van der Waals surface area contributed by atoms with E-state index < -0.39 is 12.0 Å². The van der Waals surface area contributed by atoms with Gasteiger partial charge in [0, 0.05) is 49.8 Å². The molecule has 4 aromatic rings. The number of anilines is 1. The van der Waals surface area contributed by atoms with Gasteiger partial charge in [-0.2, -0.15) is 4.98 Å². The molecule has 0 spiro atoms. The van der Waals surface area contributed by atoms with Gasteiger partial charge in [0.1, 0.15) is 18.5 Å². The van der Waals surface area contributed by atoms with E-state index in [2.05, 4.69) is 22.0 Å². The molecule has 4 aliphatic heterocycles. The number of rotatable bonds is 6. The predicted molar refractivity (Wildman–Crippen MR) is 159 cm³/mol. The van der Waals surface area contributed by atoms with Crippen LogP contribution in [-0.2, 0) is 6.42 Å². The van der Waals surface area contributed by atoms with Gasteiger partial charge in [0.05, 0.1) is 10.9 Å². The molecule has 7 nitrogen and oxygen atoms in total. The van der Waals surface area contributed by atoms with E-state index in [1.807, 2.05) is 18.2 Å². The quantitative estimate of drug-likeness (QED) is 0.295. The number of hydrogen-bond donors (Lipinski definition) is 2. The second kappa shape index (κ2) is 9.81. The number of ether oxygens (including phenoxy) is 1. The van der Waals surface area contributed by atoms with E-state index in [-0.39, 0.29) is 17.0 Å². The summed E-state index contributed by atoms with van der Waals surface area (Å²) in [7, 11) is 0. The van der Waals surface area contributed by atoms with Gasteiger partial charge in [-0.25, -0.2) is 8.78 Å². The van der Waals surface area contributed by atoms with Crippen LogP contribution in [0.2, 0.25) is 0 Å². The van der Waals surface area contributed by atoms with Gasteiger partial charge in [0.15, 0.2) is 23.0 Å². The Morgan fingerprint density at radius 1 is 1.17 bits per heavy atom. The van der Waals surface area contributed by atoms with Crippen molar-refractivity contribution in [2.75, 3.05) is 37.7 Å². The normalized spacial score (nSPS) is 27.4. The Balaban J connectivity index is 1.26. The van der Waals surface area contributed by atoms with E-state index >= 15 is 4.39 Å². The van der Waals surface area contributed by atoms with E-state index in [1.165, 1.54) is 0 Å². The third kappa shape index (κ3) is 4.15. The number of aromatic nitrogens is 1. The first-order chi connectivity index (χ1) is 20.4. The fourth-order valence-electron chi connectivity index (χ4n) is 8.08. The molecule has 6 heterocycles. The minimum Gasteiger partial charge on any atom is -0.508 e. The number of alkyl halides is 1. The Morgan fingerprint density at radius 3 is 2.81 bits per heavy atom. The van der Waals surface area contributed by atoms with Gasteiger partial charge in [-0.3, -0.25) is 4.90 Å². The first-order valence-electron chi connectivity index (χ1n) is 15.3. The number of nitrogens with one attached hydrogen (secondary N) is 1. The fourth-order valence-corrected chi connectivity index (χ4v) is 8.08. The molecule has 2 aromatic carbocycles. The number of furan rings is 1. The van der Waals surface area contributed by atoms with Crippen molar-refractivity contribution >= 4 is 27.6 Å². The van der Waals surface area contributed by atoms with Gasteiger partial charge < -0.3 is 24.5 Å². The Morgan fingerprint density at radius 2 is 2.00 bits per heavy atom. The number of phenols is 1. The van der Waals surface area contributed by atoms with Crippen molar-refractivity contribution in [3.63, 3.8) is 0 Å². The zero-order chi connectivity index (χ0) is 28.6. The maximum Gasteiger partial charge on any atom is 0.216 e. The molecule has 0 amide bonds. The number of nitrogens with zero attached hydrogens (tertiary/aromatic N) is 3. The van der Waals surface area contributed by atoms with Crippen molar-refractivity contribution in [2.24, 2.45) is 0 Å². The largest absolute Gasteiger partial charge is 0.508 e. The lowest BCUT2D eigenvalue weighted by Gasteiger charge is -2.34. The van der Waals surface area contributed by atoms with Gasteiger partial charge >= 0.3 is 0 Å². The van der Waals surface area contributed by atoms with E-state index in [0.29, 0.717) is 59.9 Å². The van der Waals surface area contributed by atoms with Crippen molar-refractivity contribution in [2.45, 2.75) is 69.2 Å². The topological polar surface area (TPSA) is 74.0 Å². The average Bonchev–Trinajstić information content (AvgIpc) is 3.71. The molecule has 9 heteroatoms. The zero-order valence-electron chi connectivity index (χ0n) is 23.8. The van der Waals surface area contributed by atoms with E-state index in [4.69, 9.17) is 14.1 Å². The molecule has 2 N–H and O–H groups in total. The first kappa shape index (κ1) is 26.2. The number of pyridine rings is 1. The highest BCUT2D eigenvalue weighted by Crippen LogP contribution is 2.44. The molecule has 3 unspecified atom stereocenters. The summed E-state index contributed by atoms with van der Waals surface area (Å²) in [6.07, 6.45) is 4.45. The molecule has 42 heavy (non-hydrogen) atoms. The van der Waals surface area contributed by atoms with E-state index in [0.717, 1.165) is 68.1 Å². The molecule has 8 rings (SSSR count). The summed E-state index contributed by atoms with van der Waals surface area (Å²) in [5, 5.41) is 16.2. The van der Waals surface area contributed by atoms with Gasteiger partial charge in [0.2, 0.25) is 5.88 Å². The maximum atomic E-state index is 16.6. The average molecular weight is 575 g/mol. The van der Waals surface area contributed by atoms with Crippen molar-refractivity contribution in [3.8, 4) is 23.0 Å². The summed E-state index contributed by atoms with van der Waals surface area (Å²) in [6.45, 7) is 5.20. The molecule has 4 fully saturated rings. The van der Waals surface area contributed by atoms with Crippen LogP contribution in [0.1, 0.15) is 44.6 Å². The third-order valence-corrected chi connectivity index (χ3v) is 10.0. The smallest absolute Gasteiger partial charge is 0.216 e. The molecule has 2 aromatic heterocycles. The summed E-state index contributed by atoms with van der Waals surface area (Å²) in [6, 6.07) is 11.5. The highest BCUT2D eigenvalue weighted by atomic mass is 19.1. The van der Waals surface area contributed by atoms with Crippen LogP contribution in [0.15, 0.2) is 40.8 Å². The number of aryl methyl sites for hydroxylation is 1. The van der Waals surface area contributed by atoms with Crippen LogP contribution in [0.4, 0.5) is 14.6 Å². The highest BCUT2D eigenvalue weighted by molar-refractivity contribution is 6.02. The number of hydrogen-bond acceptors (Lipinski definition) is 7. The summed E-state index contributed by atoms with van der Waals surface area (Å²) >= 11 is 0. The lowest BCUT2D eigenvalue weighted by Crippen LogP contribution is -2.51. The van der Waals surface area contributed by atoms with Crippen LogP contribution in [0.25, 0.3) is 33.1 Å². The van der Waals surface area contributed by atoms with Crippen molar-refractivity contribution in [1.82, 2.24) is 15.2 Å². The standard InChI is InChI=1S/C33H36F2N4O3/c1-2-19-5-3-6-20-11-24(40)12-25(28(19)20)30-29(35)26-13-27(41-18-33-9-4-10-39(33)15-21(34)14-33)37-32(31(26)42-30)38-16-22-7-8-23(17-38)36-22/h3,5-6,11-13,21-23,36,40H,2,4,7-10,14-18H2,1H3/t21?,22?,23?,33-/m0/s1. The number of benzene rings is 2. The van der Waals surface area contributed by atoms with Crippen LogP contribution in [-0.4, -0.2) is 71.6 Å². The van der Waals surface area contributed by atoms with Crippen molar-refractivity contribution < 1.29 is 23.0 Å². The molecule has 0 aliphatic carbocycles. The molecule has 0 saturated carbocycles. The second-order valence-electron chi connectivity index (χ2n) is 12.7. The second-order valence-corrected chi connectivity index (χ2v) is 12.7. The van der Waals surface area contributed by atoms with E-state index in [9.17, 15) is 9.50 Å². The highest BCUT2D eigenvalue weighted by Gasteiger charge is 2.49. The number of phenolic OH excluding ortho intramolecular Hbond substituents is 1. The Bertz CT molecular complexity index is 1680. The summed E-state index contributed by atoms with van der Waals surface area (Å²) < 4.78 is 43.7. The summed E-state index contributed by atoms with van der Waals surface area (Å²) in [5.41, 5.74) is 1.62. The SMILES string of the molecule is CCc1cccc2cc(O)cc(-c3oc4c(N5CC6CCC(C5)N6)nc(OC[C@@]56CCCN5CC(F)C6)cc4c3F)c12. The number of fused-ring (bicyclic) bond motifs is 5. The van der Waals surface area contributed by atoms with Crippen LogP contribution in [0, 0.1) is 5.82 Å². The summed E-state index contributed by atoms with van der Waals surface area (Å²) in [4.78, 5) is 9.32. The van der Waals surface area contributed by atoms with E-state index in [1.54, 1.807) is 18.2 Å². The fraction of sp³-hybridized carbons (Fsp3) is 0.485. The van der Waals surface area contributed by atoms with Crippen molar-refractivity contribution in [1.29, 1.82) is 0 Å². The van der Waals surface area contributed by atoms with Gasteiger partial charge in [-0.15, -0.1) is 0 Å². The minimum absolute atomic E-state index is 0.0507. The minimum atomic E-state index is -0.852. The monoisotopic (exact) mass is 574 g/mol. The van der Waals surface area contributed by atoms with Crippen molar-refractivity contribution in [3.05, 3.63) is 47.8 Å². The molecular formula is C33H36F2N4O3. The van der Waals surface area contributed by atoms with Gasteiger partial charge in [-0.05, 0) is 67.1 Å². The van der Waals surface area contributed by atoms with Crippen LogP contribution >= 0.6 is 0 Å².